The van der Waals surface area contributed by atoms with Crippen LogP contribution < -0.4 is 0 Å². The maximum atomic E-state index is 13.2. The Morgan fingerprint density at radius 1 is 1.47 bits per heavy atom. The van der Waals surface area contributed by atoms with Crippen molar-refractivity contribution in [3.05, 3.63) is 35.4 Å². The van der Waals surface area contributed by atoms with E-state index in [0.717, 1.165) is 12.1 Å². The van der Waals surface area contributed by atoms with Crippen LogP contribution in [0.1, 0.15) is 23.8 Å². The van der Waals surface area contributed by atoms with Crippen LogP contribution in [0.4, 0.5) is 8.78 Å². The predicted octanol–water partition coefficient (Wildman–Crippen LogP) is 3.11. The Morgan fingerprint density at radius 3 is 2.67 bits per heavy atom. The summed E-state index contributed by atoms with van der Waals surface area (Å²) >= 11 is 5.78. The molecule has 0 amide bonds. The van der Waals surface area contributed by atoms with Crippen LogP contribution in [0.25, 0.3) is 0 Å². The normalized spacial score (nSPS) is 12.5. The molecule has 0 radical (unpaired) electrons. The summed E-state index contributed by atoms with van der Waals surface area (Å²) in [5.74, 6) is -2.43. The summed E-state index contributed by atoms with van der Waals surface area (Å²) < 4.78 is 25.7. The van der Waals surface area contributed by atoms with E-state index in [1.807, 2.05) is 0 Å². The summed E-state index contributed by atoms with van der Waals surface area (Å²) in [5.41, 5.74) is 0.124. The molecular weight excluding hydrogens is 226 g/mol. The topological polar surface area (TPSA) is 37.3 Å². The number of aliphatic carboxylic acids is 1. The van der Waals surface area contributed by atoms with Crippen LogP contribution in [0.5, 0.6) is 0 Å². The van der Waals surface area contributed by atoms with E-state index in [4.69, 9.17) is 16.7 Å². The molecule has 0 saturated heterocycles. The van der Waals surface area contributed by atoms with Crippen molar-refractivity contribution in [3.63, 3.8) is 0 Å². The van der Waals surface area contributed by atoms with Gasteiger partial charge in [0.1, 0.15) is 11.6 Å². The van der Waals surface area contributed by atoms with E-state index in [1.54, 1.807) is 0 Å². The summed E-state index contributed by atoms with van der Waals surface area (Å²) in [7, 11) is 0. The summed E-state index contributed by atoms with van der Waals surface area (Å²) in [5, 5.41) is 7.66. The molecule has 1 aromatic rings. The van der Waals surface area contributed by atoms with Gasteiger partial charge in [0.05, 0.1) is 5.38 Å². The zero-order valence-corrected chi connectivity index (χ0v) is 8.47. The van der Waals surface area contributed by atoms with Crippen molar-refractivity contribution in [2.45, 2.75) is 18.2 Å². The molecule has 1 N–H and O–H groups in total. The second-order valence-electron chi connectivity index (χ2n) is 3.07. The summed E-state index contributed by atoms with van der Waals surface area (Å²) in [6.45, 7) is 0. The van der Waals surface area contributed by atoms with Crippen LogP contribution in [0.15, 0.2) is 18.2 Å². The quantitative estimate of drug-likeness (QED) is 0.813. The Hall–Kier alpha value is -1.16. The van der Waals surface area contributed by atoms with Crippen LogP contribution in [0, 0.1) is 11.6 Å². The minimum atomic E-state index is -0.997. The van der Waals surface area contributed by atoms with E-state index in [9.17, 15) is 13.6 Å². The maximum absolute atomic E-state index is 13.2. The van der Waals surface area contributed by atoms with Gasteiger partial charge >= 0.3 is 5.97 Å². The van der Waals surface area contributed by atoms with Crippen molar-refractivity contribution in [1.82, 2.24) is 0 Å². The Kier molecular flexibility index (Phi) is 4.03. The summed E-state index contributed by atoms with van der Waals surface area (Å²) in [6.07, 6.45) is -0.0373. The number of carboxylic acid groups (broad SMARTS) is 1. The lowest BCUT2D eigenvalue weighted by Gasteiger charge is -2.09. The third-order valence-electron chi connectivity index (χ3n) is 1.91. The zero-order chi connectivity index (χ0) is 11.4. The number of halogens is 3. The lowest BCUT2D eigenvalue weighted by atomic mass is 10.1. The molecule has 1 atom stereocenters. The molecule has 1 unspecified atom stereocenters. The van der Waals surface area contributed by atoms with E-state index in [0.29, 0.717) is 0 Å². The first kappa shape index (κ1) is 11.9. The van der Waals surface area contributed by atoms with Crippen molar-refractivity contribution < 1.29 is 18.7 Å². The van der Waals surface area contributed by atoms with Crippen LogP contribution in [0.2, 0.25) is 0 Å². The minimum Gasteiger partial charge on any atom is -0.481 e. The van der Waals surface area contributed by atoms with Gasteiger partial charge in [-0.1, -0.05) is 6.07 Å². The van der Waals surface area contributed by atoms with Crippen LogP contribution in [-0.4, -0.2) is 11.1 Å². The summed E-state index contributed by atoms with van der Waals surface area (Å²) in [4.78, 5) is 10.3. The molecule has 1 aromatic carbocycles. The molecule has 0 aliphatic rings. The minimum absolute atomic E-state index is 0.111. The molecule has 2 nitrogen and oxygen atoms in total. The fraction of sp³-hybridized carbons (Fsp3) is 0.300. The van der Waals surface area contributed by atoms with E-state index >= 15 is 0 Å². The van der Waals surface area contributed by atoms with Crippen molar-refractivity contribution in [2.75, 3.05) is 0 Å². The van der Waals surface area contributed by atoms with E-state index in [1.165, 1.54) is 6.07 Å². The second-order valence-corrected chi connectivity index (χ2v) is 3.59. The molecule has 0 heterocycles. The predicted molar refractivity (Wildman–Crippen MR) is 51.8 cm³/mol. The molecule has 1 rings (SSSR count). The van der Waals surface area contributed by atoms with E-state index in [2.05, 4.69) is 0 Å². The molecule has 0 spiro atoms. The molecule has 0 saturated carbocycles. The number of rotatable bonds is 4. The molecule has 5 heteroatoms. The van der Waals surface area contributed by atoms with Gasteiger partial charge < -0.3 is 5.11 Å². The molecular formula is C10H9ClF2O2. The third-order valence-corrected chi connectivity index (χ3v) is 2.36. The van der Waals surface area contributed by atoms with Crippen molar-refractivity contribution in [2.24, 2.45) is 0 Å². The first-order valence-electron chi connectivity index (χ1n) is 4.31. The molecule has 0 aromatic heterocycles. The molecule has 82 valence electrons. The van der Waals surface area contributed by atoms with Gasteiger partial charge in [-0.05, 0) is 12.5 Å². The molecule has 0 fully saturated rings. The molecule has 0 bridgehead atoms. The fourth-order valence-corrected chi connectivity index (χ4v) is 1.45. The highest BCUT2D eigenvalue weighted by Crippen LogP contribution is 2.28. The lowest BCUT2D eigenvalue weighted by Crippen LogP contribution is -2.00. The van der Waals surface area contributed by atoms with Crippen LogP contribution >= 0.6 is 11.6 Å². The third kappa shape index (κ3) is 3.47. The standard InChI is InChI=1S/C10H9ClF2O2/c11-8(3-4-10(14)15)7-2-1-6(12)5-9(7)13/h1-2,5,8H,3-4H2,(H,14,15). The maximum Gasteiger partial charge on any atom is 0.303 e. The van der Waals surface area contributed by atoms with E-state index < -0.39 is 23.0 Å². The van der Waals surface area contributed by atoms with Gasteiger partial charge in [0.25, 0.3) is 0 Å². The number of benzene rings is 1. The molecule has 0 aliphatic heterocycles. The Labute approximate surface area is 90.5 Å². The van der Waals surface area contributed by atoms with Crippen LogP contribution in [-0.2, 0) is 4.79 Å². The van der Waals surface area contributed by atoms with Gasteiger partial charge in [0.2, 0.25) is 0 Å². The second kappa shape index (κ2) is 5.07. The van der Waals surface area contributed by atoms with Gasteiger partial charge in [0.15, 0.2) is 0 Å². The van der Waals surface area contributed by atoms with Crippen LogP contribution in [0.3, 0.4) is 0 Å². The van der Waals surface area contributed by atoms with Crippen molar-refractivity contribution in [1.29, 1.82) is 0 Å². The van der Waals surface area contributed by atoms with Gasteiger partial charge in [-0.25, -0.2) is 8.78 Å². The monoisotopic (exact) mass is 234 g/mol. The summed E-state index contributed by atoms with van der Waals surface area (Å²) in [6, 6.07) is 3.05. The Balaban J connectivity index is 2.73. The van der Waals surface area contributed by atoms with Crippen molar-refractivity contribution in [3.8, 4) is 0 Å². The average molecular weight is 235 g/mol. The first-order valence-corrected chi connectivity index (χ1v) is 4.75. The fourth-order valence-electron chi connectivity index (χ4n) is 1.16. The van der Waals surface area contributed by atoms with Gasteiger partial charge in [-0.2, -0.15) is 0 Å². The molecule has 0 aliphatic carbocycles. The number of carbonyl (C=O) groups is 1. The van der Waals surface area contributed by atoms with Gasteiger partial charge in [-0.15, -0.1) is 11.6 Å². The van der Waals surface area contributed by atoms with Crippen molar-refractivity contribution >= 4 is 17.6 Å². The SMILES string of the molecule is O=C(O)CCC(Cl)c1ccc(F)cc1F. The number of hydrogen-bond donors (Lipinski definition) is 1. The molecule has 15 heavy (non-hydrogen) atoms. The highest BCUT2D eigenvalue weighted by Gasteiger charge is 2.14. The number of carboxylic acids is 1. The van der Waals surface area contributed by atoms with Gasteiger partial charge in [0, 0.05) is 18.1 Å². The zero-order valence-electron chi connectivity index (χ0n) is 7.71. The largest absolute Gasteiger partial charge is 0.481 e. The Bertz CT molecular complexity index is 368. The van der Waals surface area contributed by atoms with Gasteiger partial charge in [-0.3, -0.25) is 4.79 Å². The Morgan fingerprint density at radius 2 is 2.13 bits per heavy atom. The smallest absolute Gasteiger partial charge is 0.303 e. The first-order chi connectivity index (χ1) is 7.00. The highest BCUT2D eigenvalue weighted by atomic mass is 35.5. The van der Waals surface area contributed by atoms with E-state index in [-0.39, 0.29) is 18.4 Å². The number of hydrogen-bond acceptors (Lipinski definition) is 1. The number of alkyl halides is 1. The lowest BCUT2D eigenvalue weighted by molar-refractivity contribution is -0.137. The highest BCUT2D eigenvalue weighted by molar-refractivity contribution is 6.20. The average Bonchev–Trinajstić information content (AvgIpc) is 2.14.